The zero-order valence-corrected chi connectivity index (χ0v) is 20.0. The van der Waals surface area contributed by atoms with Gasteiger partial charge in [0.2, 0.25) is 5.91 Å². The highest BCUT2D eigenvalue weighted by atomic mass is 32.2. The van der Waals surface area contributed by atoms with Crippen LogP contribution in [0.15, 0.2) is 40.6 Å². The molecule has 2 N–H and O–H groups in total. The zero-order chi connectivity index (χ0) is 24.2. The molecule has 2 fully saturated rings. The zero-order valence-electron chi connectivity index (χ0n) is 19.2. The summed E-state index contributed by atoms with van der Waals surface area (Å²) in [5, 5.41) is 13.2. The Morgan fingerprint density at radius 3 is 2.71 bits per heavy atom. The lowest BCUT2D eigenvalue weighted by molar-refractivity contribution is -0.127. The monoisotopic (exact) mass is 487 g/mol. The number of aliphatic hydroxyl groups excluding tert-OH is 1. The highest BCUT2D eigenvalue weighted by Gasteiger charge is 2.60. The summed E-state index contributed by atoms with van der Waals surface area (Å²) in [6.45, 7) is 2.03. The lowest BCUT2D eigenvalue weighted by Gasteiger charge is -2.36. The number of aliphatic hydroxyl groups is 1. The summed E-state index contributed by atoms with van der Waals surface area (Å²) in [5.74, 6) is -1.33. The van der Waals surface area contributed by atoms with Gasteiger partial charge in [0.05, 0.1) is 18.3 Å². The Morgan fingerprint density at radius 1 is 1.32 bits per heavy atom. The molecule has 0 spiro atoms. The maximum Gasteiger partial charge on any atom is 0.263 e. The van der Waals surface area contributed by atoms with E-state index in [9.17, 15) is 23.1 Å². The maximum atomic E-state index is 13.8. The van der Waals surface area contributed by atoms with Crippen molar-refractivity contribution in [3.8, 4) is 0 Å². The first-order chi connectivity index (χ1) is 16.3. The molecule has 1 saturated carbocycles. The number of rotatable bonds is 7. The standard InChI is InChI=1S/C23H29N5O5S/c1-3-4-15-7-8-17-21-20(22(30)24-9-14-5-6-14)16(12-29)18(10-27(17)23(15)31)28(21)34(32,33)19-11-26(2)13-25-19/h3-4,7-8,11,13-14,16,18,20-21,29H,5-6,9-10,12H2,1-2H3,(H,24,30)/b4-3+/t16-,18-,20+,21+/m1/s1. The molecule has 182 valence electrons. The Morgan fingerprint density at radius 2 is 2.09 bits per heavy atom. The van der Waals surface area contributed by atoms with Crippen molar-refractivity contribution in [2.24, 2.45) is 24.8 Å². The van der Waals surface area contributed by atoms with Crippen LogP contribution in [0.1, 0.15) is 37.1 Å². The number of aryl methyl sites for hydroxylation is 1. The highest BCUT2D eigenvalue weighted by Crippen LogP contribution is 2.50. The second kappa shape index (κ2) is 8.47. The van der Waals surface area contributed by atoms with Crippen LogP contribution in [0, 0.1) is 17.8 Å². The van der Waals surface area contributed by atoms with Crippen molar-refractivity contribution in [1.82, 2.24) is 23.7 Å². The number of carbonyl (C=O) groups is 1. The lowest BCUT2D eigenvalue weighted by atomic mass is 9.86. The number of sulfonamides is 1. The van der Waals surface area contributed by atoms with Crippen LogP contribution in [-0.2, 0) is 28.4 Å². The summed E-state index contributed by atoms with van der Waals surface area (Å²) in [4.78, 5) is 30.7. The fourth-order valence-corrected chi connectivity index (χ4v) is 7.14. The largest absolute Gasteiger partial charge is 0.396 e. The third kappa shape index (κ3) is 3.62. The van der Waals surface area contributed by atoms with Gasteiger partial charge in [0.25, 0.3) is 15.6 Å². The first kappa shape index (κ1) is 23.0. The smallest absolute Gasteiger partial charge is 0.263 e. The van der Waals surface area contributed by atoms with Gasteiger partial charge in [-0.05, 0) is 37.8 Å². The number of imidazole rings is 1. The third-order valence-electron chi connectivity index (χ3n) is 7.15. The second-order valence-corrected chi connectivity index (χ2v) is 11.2. The molecule has 10 nitrogen and oxygen atoms in total. The molecule has 34 heavy (non-hydrogen) atoms. The number of hydrogen-bond donors (Lipinski definition) is 2. The number of pyridine rings is 1. The number of aromatic nitrogens is 3. The molecule has 2 aromatic rings. The van der Waals surface area contributed by atoms with Gasteiger partial charge in [0.1, 0.15) is 0 Å². The van der Waals surface area contributed by atoms with E-state index in [0.29, 0.717) is 23.7 Å². The van der Waals surface area contributed by atoms with Gasteiger partial charge < -0.3 is 19.6 Å². The molecule has 2 aliphatic heterocycles. The Labute approximate surface area is 198 Å². The van der Waals surface area contributed by atoms with Gasteiger partial charge in [0, 0.05) is 56.2 Å². The fraction of sp³-hybridized carbons (Fsp3) is 0.522. The van der Waals surface area contributed by atoms with E-state index >= 15 is 0 Å². The Bertz CT molecular complexity index is 1310. The summed E-state index contributed by atoms with van der Waals surface area (Å²) in [5.41, 5.74) is 0.703. The molecule has 3 aliphatic rings. The van der Waals surface area contributed by atoms with Crippen molar-refractivity contribution in [1.29, 1.82) is 0 Å². The van der Waals surface area contributed by atoms with E-state index < -0.39 is 33.9 Å². The molecule has 4 atom stereocenters. The predicted molar refractivity (Wildman–Crippen MR) is 124 cm³/mol. The number of nitrogens with zero attached hydrogens (tertiary/aromatic N) is 4. The Kier molecular flexibility index (Phi) is 5.73. The first-order valence-corrected chi connectivity index (χ1v) is 13.0. The average Bonchev–Trinajstić information content (AvgIpc) is 3.47. The molecule has 5 rings (SSSR count). The van der Waals surface area contributed by atoms with Gasteiger partial charge in [0.15, 0.2) is 5.03 Å². The van der Waals surface area contributed by atoms with Gasteiger partial charge >= 0.3 is 0 Å². The Hall–Kier alpha value is -2.76. The van der Waals surface area contributed by atoms with Crippen LogP contribution in [0.4, 0.5) is 0 Å². The van der Waals surface area contributed by atoms with Crippen molar-refractivity contribution in [2.75, 3.05) is 13.2 Å². The van der Waals surface area contributed by atoms with Crippen molar-refractivity contribution in [3.63, 3.8) is 0 Å². The van der Waals surface area contributed by atoms with Crippen molar-refractivity contribution >= 4 is 22.0 Å². The van der Waals surface area contributed by atoms with Crippen molar-refractivity contribution in [3.05, 3.63) is 52.3 Å². The predicted octanol–water partition coefficient (Wildman–Crippen LogP) is 0.494. The van der Waals surface area contributed by atoms with E-state index in [-0.39, 0.29) is 29.6 Å². The van der Waals surface area contributed by atoms with Gasteiger partial charge in [-0.25, -0.2) is 13.4 Å². The van der Waals surface area contributed by atoms with Crippen molar-refractivity contribution in [2.45, 2.75) is 43.4 Å². The molecular weight excluding hydrogens is 458 g/mol. The van der Waals surface area contributed by atoms with E-state index in [4.69, 9.17) is 0 Å². The van der Waals surface area contributed by atoms with Crippen molar-refractivity contribution < 1.29 is 18.3 Å². The van der Waals surface area contributed by atoms with E-state index in [0.717, 1.165) is 12.8 Å². The van der Waals surface area contributed by atoms with E-state index in [2.05, 4.69) is 10.3 Å². The number of nitrogens with one attached hydrogen (secondary N) is 1. The average molecular weight is 488 g/mol. The minimum atomic E-state index is -4.10. The molecule has 1 aliphatic carbocycles. The van der Waals surface area contributed by atoms with Gasteiger partial charge in [-0.15, -0.1) is 0 Å². The SMILES string of the molecule is C/C=C/c1ccc2n(c1=O)C[C@@H]1[C@@H](CO)[C@H](C(=O)NCC3CC3)[C@H]2N1S(=O)(=O)c1cn(C)cn1. The van der Waals surface area contributed by atoms with Crippen LogP contribution >= 0.6 is 0 Å². The fourth-order valence-electron chi connectivity index (χ4n) is 5.32. The molecule has 1 amide bonds. The molecular formula is C23H29N5O5S. The van der Waals surface area contributed by atoms with Crippen LogP contribution in [0.3, 0.4) is 0 Å². The summed E-state index contributed by atoms with van der Waals surface area (Å²) in [6, 6.07) is 1.70. The minimum absolute atomic E-state index is 0.0553. The number of hydrogen-bond acceptors (Lipinski definition) is 6. The quantitative estimate of drug-likeness (QED) is 0.586. The summed E-state index contributed by atoms with van der Waals surface area (Å²) in [7, 11) is -2.42. The van der Waals surface area contributed by atoms with Crippen LogP contribution in [0.2, 0.25) is 0 Å². The second-order valence-electron chi connectivity index (χ2n) is 9.41. The van der Waals surface area contributed by atoms with Gasteiger partial charge in [-0.3, -0.25) is 9.59 Å². The molecule has 4 heterocycles. The molecule has 0 radical (unpaired) electrons. The summed E-state index contributed by atoms with van der Waals surface area (Å²) >= 11 is 0. The topological polar surface area (TPSA) is 127 Å². The van der Waals surface area contributed by atoms with Gasteiger partial charge in [-0.1, -0.05) is 12.2 Å². The van der Waals surface area contributed by atoms with Crippen LogP contribution < -0.4 is 10.9 Å². The molecule has 0 aromatic carbocycles. The van der Waals surface area contributed by atoms with Gasteiger partial charge in [-0.2, -0.15) is 4.31 Å². The molecule has 1 saturated heterocycles. The number of fused-ring (bicyclic) bond motifs is 4. The van der Waals surface area contributed by atoms with E-state index in [1.165, 1.54) is 16.8 Å². The number of amides is 1. The number of allylic oxidation sites excluding steroid dienone is 1. The third-order valence-corrected chi connectivity index (χ3v) is 8.94. The lowest BCUT2D eigenvalue weighted by Crippen LogP contribution is -2.49. The molecule has 2 aromatic heterocycles. The number of carbonyl (C=O) groups excluding carboxylic acids is 1. The minimum Gasteiger partial charge on any atom is -0.396 e. The van der Waals surface area contributed by atoms with Crippen LogP contribution in [-0.4, -0.2) is 57.0 Å². The maximum absolute atomic E-state index is 13.8. The Balaban J connectivity index is 1.65. The highest BCUT2D eigenvalue weighted by molar-refractivity contribution is 7.89. The van der Waals surface area contributed by atoms with E-state index in [1.54, 1.807) is 40.5 Å². The van der Waals surface area contributed by atoms with Crippen LogP contribution in [0.5, 0.6) is 0 Å². The van der Waals surface area contributed by atoms with E-state index in [1.807, 2.05) is 6.92 Å². The molecule has 0 unspecified atom stereocenters. The molecule has 11 heteroatoms. The summed E-state index contributed by atoms with van der Waals surface area (Å²) < 4.78 is 32.0. The first-order valence-electron chi connectivity index (χ1n) is 11.5. The molecule has 2 bridgehead atoms. The normalized spacial score (nSPS) is 26.7. The van der Waals surface area contributed by atoms with Crippen LogP contribution in [0.25, 0.3) is 6.08 Å². The summed E-state index contributed by atoms with van der Waals surface area (Å²) in [6.07, 6.45) is 8.42.